The van der Waals surface area contributed by atoms with Crippen molar-refractivity contribution in [1.29, 1.82) is 0 Å². The molecule has 7 heteroatoms. The normalized spacial score (nSPS) is 11.5. The average molecular weight is 249 g/mol. The Labute approximate surface area is 120 Å². The van der Waals surface area contributed by atoms with Gasteiger partial charge in [0, 0.05) is 0 Å². The quantitative estimate of drug-likeness (QED) is 0.538. The van der Waals surface area contributed by atoms with Crippen molar-refractivity contribution in [2.75, 3.05) is 18.6 Å². The number of rotatable bonds is 7. The van der Waals surface area contributed by atoms with Crippen LogP contribution in [0.15, 0.2) is 0 Å². The van der Waals surface area contributed by atoms with Crippen molar-refractivity contribution >= 4 is 61.4 Å². The first-order valence-corrected chi connectivity index (χ1v) is 5.14. The molecule has 80 valence electrons. The number of nitrogens with one attached hydrogen (secondary N) is 1. The second kappa shape index (κ2) is 10.0. The van der Waals surface area contributed by atoms with Crippen LogP contribution in [0.1, 0.15) is 9.27 Å². The summed E-state index contributed by atoms with van der Waals surface area (Å²) in [5.74, 6) is -1.35. The fraction of sp³-hybridized carbons (Fsp3) is 0.714. The first-order chi connectivity index (χ1) is 6.07. The molecule has 1 unspecified atom stereocenters. The maximum absolute atomic E-state index is 10.6. The smallest absolute Gasteiger partial charge is 1.00 e. The number of thioether (sulfide) groups is 1. The Morgan fingerprint density at radius 3 is 2.43 bits per heavy atom. The second-order valence-corrected chi connectivity index (χ2v) is 3.43. The van der Waals surface area contributed by atoms with Gasteiger partial charge in [0.25, 0.3) is 0 Å². The number of carboxylic acid groups (broad SMARTS) is 2. The summed E-state index contributed by atoms with van der Waals surface area (Å²) in [5.41, 5.74) is 0. The van der Waals surface area contributed by atoms with E-state index in [0.717, 1.165) is 0 Å². The van der Waals surface area contributed by atoms with Gasteiger partial charge in [-0.05, 0) is 18.4 Å². The molecule has 3 N–H and O–H groups in total. The summed E-state index contributed by atoms with van der Waals surface area (Å²) >= 11 is 1.53. The van der Waals surface area contributed by atoms with Crippen molar-refractivity contribution in [1.82, 2.24) is 5.32 Å². The zero-order valence-corrected chi connectivity index (χ0v) is 11.0. The van der Waals surface area contributed by atoms with E-state index in [9.17, 15) is 9.59 Å². The first-order valence-electron chi connectivity index (χ1n) is 3.75. The van der Waals surface area contributed by atoms with E-state index in [-0.39, 0.29) is 47.1 Å². The Morgan fingerprint density at radius 1 is 1.50 bits per heavy atom. The Hall–Kier alpha value is 0.510. The van der Waals surface area contributed by atoms with Crippen LogP contribution in [0.5, 0.6) is 0 Å². The van der Waals surface area contributed by atoms with Crippen LogP contribution in [0.2, 0.25) is 0 Å². The van der Waals surface area contributed by atoms with E-state index in [0.29, 0.717) is 12.2 Å². The third kappa shape index (κ3) is 9.08. The third-order valence-electron chi connectivity index (χ3n) is 1.41. The summed E-state index contributed by atoms with van der Waals surface area (Å²) in [4.78, 5) is 20.7. The second-order valence-electron chi connectivity index (χ2n) is 2.45. The van der Waals surface area contributed by atoms with Crippen molar-refractivity contribution in [2.24, 2.45) is 0 Å². The minimum absolute atomic E-state index is 0. The third-order valence-corrected chi connectivity index (χ3v) is 2.05. The SMILES string of the molecule is CSCCC(NCC(=O)O)C(=O)O.[Ca+2].[H-].[H-]. The van der Waals surface area contributed by atoms with Gasteiger partial charge in [0.05, 0.1) is 6.54 Å². The Morgan fingerprint density at radius 2 is 2.07 bits per heavy atom. The average Bonchev–Trinajstić information content (AvgIpc) is 2.03. The molecule has 0 aliphatic heterocycles. The molecule has 0 aromatic heterocycles. The molecule has 0 heterocycles. The zero-order valence-electron chi connectivity index (χ0n) is 10.0. The zero-order chi connectivity index (χ0) is 10.3. The maximum atomic E-state index is 10.6. The maximum Gasteiger partial charge on any atom is 2.00 e. The molecule has 0 aliphatic carbocycles. The van der Waals surface area contributed by atoms with Gasteiger partial charge >= 0.3 is 49.7 Å². The van der Waals surface area contributed by atoms with E-state index in [1.54, 1.807) is 0 Å². The minimum atomic E-state index is -1.05. The van der Waals surface area contributed by atoms with Crippen LogP contribution >= 0.6 is 11.8 Å². The predicted molar refractivity (Wildman–Crippen MR) is 58.0 cm³/mol. The minimum Gasteiger partial charge on any atom is -1.00 e. The van der Waals surface area contributed by atoms with Gasteiger partial charge in [-0.3, -0.25) is 14.9 Å². The van der Waals surface area contributed by atoms with Gasteiger partial charge in [-0.2, -0.15) is 11.8 Å². The van der Waals surface area contributed by atoms with Crippen LogP contribution < -0.4 is 5.32 Å². The van der Waals surface area contributed by atoms with Crippen LogP contribution in [0, 0.1) is 0 Å². The van der Waals surface area contributed by atoms with Crippen LogP contribution in [-0.2, 0) is 9.59 Å². The molecule has 0 radical (unpaired) electrons. The van der Waals surface area contributed by atoms with E-state index < -0.39 is 18.0 Å². The van der Waals surface area contributed by atoms with Crippen LogP contribution in [0.3, 0.4) is 0 Å². The van der Waals surface area contributed by atoms with Crippen LogP contribution in [0.25, 0.3) is 0 Å². The molecule has 0 saturated heterocycles. The van der Waals surface area contributed by atoms with Gasteiger partial charge in [0.15, 0.2) is 0 Å². The number of carbonyl (C=O) groups is 2. The molecule has 1 atom stereocenters. The molecule has 0 rings (SSSR count). The summed E-state index contributed by atoms with van der Waals surface area (Å²) in [6.45, 7) is -0.314. The molecule has 0 bridgehead atoms. The van der Waals surface area contributed by atoms with Crippen molar-refractivity contribution in [3.63, 3.8) is 0 Å². The fourth-order valence-corrected chi connectivity index (χ4v) is 1.23. The fourth-order valence-electron chi connectivity index (χ4n) is 0.759. The van der Waals surface area contributed by atoms with E-state index in [4.69, 9.17) is 10.2 Å². The first kappa shape index (κ1) is 16.9. The van der Waals surface area contributed by atoms with Crippen LogP contribution in [-0.4, -0.2) is 84.5 Å². The van der Waals surface area contributed by atoms with Gasteiger partial charge < -0.3 is 13.1 Å². The van der Waals surface area contributed by atoms with Gasteiger partial charge in [0.1, 0.15) is 6.04 Å². The van der Waals surface area contributed by atoms with E-state index in [1.807, 2.05) is 6.26 Å². The number of carboxylic acids is 2. The monoisotopic (exact) mass is 249 g/mol. The van der Waals surface area contributed by atoms with Crippen LogP contribution in [0.4, 0.5) is 0 Å². The van der Waals surface area contributed by atoms with Crippen molar-refractivity contribution < 1.29 is 22.7 Å². The molecule has 0 aliphatic rings. The number of aliphatic carboxylic acids is 2. The van der Waals surface area contributed by atoms with Gasteiger partial charge in [0.2, 0.25) is 0 Å². The van der Waals surface area contributed by atoms with Gasteiger partial charge in [-0.1, -0.05) is 0 Å². The van der Waals surface area contributed by atoms with Crippen molar-refractivity contribution in [2.45, 2.75) is 12.5 Å². The summed E-state index contributed by atoms with van der Waals surface area (Å²) in [7, 11) is 0. The van der Waals surface area contributed by atoms with E-state index in [2.05, 4.69) is 5.32 Å². The van der Waals surface area contributed by atoms with E-state index >= 15 is 0 Å². The summed E-state index contributed by atoms with van der Waals surface area (Å²) in [6.07, 6.45) is 2.31. The molecule has 0 aromatic rings. The molecule has 0 aromatic carbocycles. The predicted octanol–water partition coefficient (Wildman–Crippen LogP) is -0.289. The van der Waals surface area contributed by atoms with Crippen molar-refractivity contribution in [3.8, 4) is 0 Å². The summed E-state index contributed by atoms with van der Waals surface area (Å²) < 4.78 is 0. The van der Waals surface area contributed by atoms with E-state index in [1.165, 1.54) is 11.8 Å². The van der Waals surface area contributed by atoms with Gasteiger partial charge in [-0.15, -0.1) is 0 Å². The molecule has 5 nitrogen and oxygen atoms in total. The molecule has 0 fully saturated rings. The molecular formula is C7H15CaNO4S. The number of hydrogen-bond acceptors (Lipinski definition) is 4. The molecule has 0 spiro atoms. The summed E-state index contributed by atoms with van der Waals surface area (Å²) in [5, 5.41) is 19.4. The molecule has 0 saturated carbocycles. The largest absolute Gasteiger partial charge is 2.00 e. The standard InChI is InChI=1S/C7H13NO4S.Ca.2H/c1-13-3-2-5(7(11)12)8-4-6(9)10;;;/h5,8H,2-4H2,1H3,(H,9,10)(H,11,12);;;/q;+2;2*-1. The number of hydrogen-bond donors (Lipinski definition) is 3. The Kier molecular flexibility index (Phi) is 12.1. The molecule has 14 heavy (non-hydrogen) atoms. The Bertz CT molecular complexity index is 199. The van der Waals surface area contributed by atoms with Crippen molar-refractivity contribution in [3.05, 3.63) is 0 Å². The Balaban J connectivity index is -0.000000240. The molecular weight excluding hydrogens is 234 g/mol. The molecule has 0 amide bonds. The summed E-state index contributed by atoms with van der Waals surface area (Å²) in [6, 6.07) is -0.761. The van der Waals surface area contributed by atoms with Gasteiger partial charge in [-0.25, -0.2) is 0 Å². The topological polar surface area (TPSA) is 86.6 Å².